The van der Waals surface area contributed by atoms with Gasteiger partial charge in [-0.25, -0.2) is 14.6 Å². The van der Waals surface area contributed by atoms with Gasteiger partial charge in [0.15, 0.2) is 0 Å². The van der Waals surface area contributed by atoms with Crippen LogP contribution in [0.2, 0.25) is 0 Å². The van der Waals surface area contributed by atoms with E-state index in [1.54, 1.807) is 10.7 Å². The number of likely N-dealkylation sites (N-methyl/N-ethyl adjacent to an activating group) is 1. The Labute approximate surface area is 129 Å². The lowest BCUT2D eigenvalue weighted by Gasteiger charge is -2.15. The third-order valence-electron chi connectivity index (χ3n) is 3.95. The minimum absolute atomic E-state index is 0.193. The van der Waals surface area contributed by atoms with Crippen molar-refractivity contribution in [2.45, 2.75) is 32.9 Å². The molecule has 0 spiro atoms. The van der Waals surface area contributed by atoms with Gasteiger partial charge in [0.25, 0.3) is 5.91 Å². The van der Waals surface area contributed by atoms with Gasteiger partial charge >= 0.3 is 0 Å². The number of aryl methyl sites for hydroxylation is 1. The van der Waals surface area contributed by atoms with Crippen LogP contribution < -0.4 is 10.2 Å². The molecule has 0 saturated carbocycles. The van der Waals surface area contributed by atoms with Gasteiger partial charge in [0.1, 0.15) is 23.7 Å². The molecule has 22 heavy (non-hydrogen) atoms. The van der Waals surface area contributed by atoms with Crippen molar-refractivity contribution in [1.29, 1.82) is 0 Å². The molecule has 116 valence electrons. The number of aromatic nitrogens is 4. The molecule has 1 unspecified atom stereocenters. The van der Waals surface area contributed by atoms with E-state index in [0.29, 0.717) is 5.69 Å². The Morgan fingerprint density at radius 3 is 3.05 bits per heavy atom. The number of rotatable bonds is 4. The number of anilines is 1. The standard InChI is InChI=1S/C15H20N6O/c1-4-21-13(16-9-17-21)10(2)18-15(22)12-6-5-11-7-8-20(3)14(11)19-12/h5-6,9-10H,4,7-8H2,1-3H3,(H,18,22). The molecule has 0 fully saturated rings. The molecule has 2 aromatic rings. The zero-order valence-electron chi connectivity index (χ0n) is 13.1. The molecule has 0 aromatic carbocycles. The molecule has 7 heteroatoms. The molecule has 1 N–H and O–H groups in total. The summed E-state index contributed by atoms with van der Waals surface area (Å²) in [4.78, 5) is 23.2. The first-order valence-corrected chi connectivity index (χ1v) is 7.49. The molecule has 2 aromatic heterocycles. The van der Waals surface area contributed by atoms with E-state index in [1.807, 2.05) is 27.0 Å². The second-order valence-corrected chi connectivity index (χ2v) is 5.48. The van der Waals surface area contributed by atoms with Gasteiger partial charge in [0.05, 0.1) is 6.04 Å². The Morgan fingerprint density at radius 2 is 2.27 bits per heavy atom. The highest BCUT2D eigenvalue weighted by atomic mass is 16.2. The minimum Gasteiger partial charge on any atom is -0.359 e. The molecule has 3 heterocycles. The van der Waals surface area contributed by atoms with E-state index in [0.717, 1.165) is 31.2 Å². The third-order valence-corrected chi connectivity index (χ3v) is 3.95. The lowest BCUT2D eigenvalue weighted by Crippen LogP contribution is -2.29. The summed E-state index contributed by atoms with van der Waals surface area (Å²) in [6, 6.07) is 3.55. The van der Waals surface area contributed by atoms with Crippen molar-refractivity contribution in [3.05, 3.63) is 35.5 Å². The van der Waals surface area contributed by atoms with Gasteiger partial charge in [-0.05, 0) is 31.9 Å². The molecule has 1 aliphatic heterocycles. The van der Waals surface area contributed by atoms with Gasteiger partial charge in [0.2, 0.25) is 0 Å². The monoisotopic (exact) mass is 300 g/mol. The highest BCUT2D eigenvalue weighted by Gasteiger charge is 2.21. The molecule has 1 amide bonds. The van der Waals surface area contributed by atoms with Crippen LogP contribution in [-0.2, 0) is 13.0 Å². The van der Waals surface area contributed by atoms with Crippen LogP contribution in [0.5, 0.6) is 0 Å². The van der Waals surface area contributed by atoms with E-state index >= 15 is 0 Å². The average Bonchev–Trinajstić information content (AvgIpc) is 3.13. The van der Waals surface area contributed by atoms with E-state index in [1.165, 1.54) is 11.9 Å². The fraction of sp³-hybridized carbons (Fsp3) is 0.467. The number of amides is 1. The van der Waals surface area contributed by atoms with Crippen LogP contribution in [-0.4, -0.2) is 39.2 Å². The van der Waals surface area contributed by atoms with Crippen LogP contribution >= 0.6 is 0 Å². The van der Waals surface area contributed by atoms with Crippen LogP contribution in [0.3, 0.4) is 0 Å². The molecule has 0 radical (unpaired) electrons. The van der Waals surface area contributed by atoms with E-state index in [2.05, 4.69) is 25.3 Å². The van der Waals surface area contributed by atoms with Gasteiger partial charge in [0, 0.05) is 20.1 Å². The first-order chi connectivity index (χ1) is 10.6. The Morgan fingerprint density at radius 1 is 1.45 bits per heavy atom. The zero-order chi connectivity index (χ0) is 15.7. The number of hydrogen-bond acceptors (Lipinski definition) is 5. The number of hydrogen-bond donors (Lipinski definition) is 1. The SMILES string of the molecule is CCn1ncnc1C(C)NC(=O)c1ccc2c(n1)N(C)CC2. The maximum Gasteiger partial charge on any atom is 0.270 e. The van der Waals surface area contributed by atoms with Crippen LogP contribution in [0.1, 0.15) is 41.8 Å². The first kappa shape index (κ1) is 14.5. The van der Waals surface area contributed by atoms with Crippen LogP contribution in [0.15, 0.2) is 18.5 Å². The van der Waals surface area contributed by atoms with E-state index in [-0.39, 0.29) is 11.9 Å². The van der Waals surface area contributed by atoms with E-state index in [4.69, 9.17) is 0 Å². The fourth-order valence-corrected chi connectivity index (χ4v) is 2.71. The topological polar surface area (TPSA) is 75.9 Å². The molecular formula is C15H20N6O. The molecule has 7 nitrogen and oxygen atoms in total. The summed E-state index contributed by atoms with van der Waals surface area (Å²) in [5.74, 6) is 1.45. The summed E-state index contributed by atoms with van der Waals surface area (Å²) < 4.78 is 1.77. The predicted octanol–water partition coefficient (Wildman–Crippen LogP) is 1.18. The molecule has 3 rings (SSSR count). The molecule has 1 atom stereocenters. The third kappa shape index (κ3) is 2.54. The lowest BCUT2D eigenvalue weighted by molar-refractivity contribution is 0.0932. The Bertz CT molecular complexity index is 695. The second kappa shape index (κ2) is 5.75. The van der Waals surface area contributed by atoms with E-state index in [9.17, 15) is 4.79 Å². The van der Waals surface area contributed by atoms with Gasteiger partial charge in [-0.2, -0.15) is 5.10 Å². The largest absolute Gasteiger partial charge is 0.359 e. The van der Waals surface area contributed by atoms with Gasteiger partial charge in [-0.3, -0.25) is 4.79 Å². The van der Waals surface area contributed by atoms with Crippen LogP contribution in [0.4, 0.5) is 5.82 Å². The normalized spacial score (nSPS) is 14.8. The van der Waals surface area contributed by atoms with Gasteiger partial charge in [-0.1, -0.05) is 6.07 Å². The summed E-state index contributed by atoms with van der Waals surface area (Å²) in [7, 11) is 1.99. The van der Waals surface area contributed by atoms with Crippen molar-refractivity contribution in [3.8, 4) is 0 Å². The summed E-state index contributed by atoms with van der Waals surface area (Å²) in [6.45, 7) is 5.55. The maximum atomic E-state index is 12.4. The molecule has 0 aliphatic carbocycles. The highest BCUT2D eigenvalue weighted by molar-refractivity contribution is 5.93. The Kier molecular flexibility index (Phi) is 3.79. The quantitative estimate of drug-likeness (QED) is 0.917. The van der Waals surface area contributed by atoms with Crippen molar-refractivity contribution >= 4 is 11.7 Å². The van der Waals surface area contributed by atoms with Crippen molar-refractivity contribution < 1.29 is 4.79 Å². The number of nitrogens with zero attached hydrogens (tertiary/aromatic N) is 5. The number of pyridine rings is 1. The number of fused-ring (bicyclic) bond motifs is 1. The number of carbonyl (C=O) groups is 1. The average molecular weight is 300 g/mol. The van der Waals surface area contributed by atoms with E-state index < -0.39 is 0 Å². The van der Waals surface area contributed by atoms with Crippen molar-refractivity contribution in [1.82, 2.24) is 25.1 Å². The maximum absolute atomic E-state index is 12.4. The van der Waals surface area contributed by atoms with Crippen LogP contribution in [0.25, 0.3) is 0 Å². The predicted molar refractivity (Wildman–Crippen MR) is 82.8 cm³/mol. The van der Waals surface area contributed by atoms with Crippen LogP contribution in [0, 0.1) is 0 Å². The smallest absolute Gasteiger partial charge is 0.270 e. The van der Waals surface area contributed by atoms with Gasteiger partial charge < -0.3 is 10.2 Å². The Hall–Kier alpha value is -2.44. The zero-order valence-corrected chi connectivity index (χ0v) is 13.1. The summed E-state index contributed by atoms with van der Waals surface area (Å²) >= 11 is 0. The molecule has 0 bridgehead atoms. The van der Waals surface area contributed by atoms with Crippen molar-refractivity contribution in [2.75, 3.05) is 18.5 Å². The lowest BCUT2D eigenvalue weighted by atomic mass is 10.2. The molecule has 1 aliphatic rings. The highest BCUT2D eigenvalue weighted by Crippen LogP contribution is 2.24. The summed E-state index contributed by atoms with van der Waals surface area (Å²) in [6.07, 6.45) is 2.49. The second-order valence-electron chi connectivity index (χ2n) is 5.48. The fourth-order valence-electron chi connectivity index (χ4n) is 2.71. The summed E-state index contributed by atoms with van der Waals surface area (Å²) in [5, 5.41) is 7.06. The molecule has 0 saturated heterocycles. The number of nitrogens with one attached hydrogen (secondary N) is 1. The summed E-state index contributed by atoms with van der Waals surface area (Å²) in [5.41, 5.74) is 1.62. The van der Waals surface area contributed by atoms with Crippen molar-refractivity contribution in [2.24, 2.45) is 0 Å². The van der Waals surface area contributed by atoms with Gasteiger partial charge in [-0.15, -0.1) is 0 Å². The molecular weight excluding hydrogens is 280 g/mol. The Balaban J connectivity index is 1.76. The number of carbonyl (C=O) groups excluding carboxylic acids is 1. The minimum atomic E-state index is -0.220. The first-order valence-electron chi connectivity index (χ1n) is 7.49. The van der Waals surface area contributed by atoms with Crippen molar-refractivity contribution in [3.63, 3.8) is 0 Å².